The highest BCUT2D eigenvalue weighted by molar-refractivity contribution is 7.97. The zero-order chi connectivity index (χ0) is 15.3. The van der Waals surface area contributed by atoms with Crippen molar-refractivity contribution < 1.29 is 12.8 Å². The largest absolute Gasteiger partial charge is 0.463 e. The second kappa shape index (κ2) is 7.02. The summed E-state index contributed by atoms with van der Waals surface area (Å²) in [6.45, 7) is 0.511. The summed E-state index contributed by atoms with van der Waals surface area (Å²) in [5.41, 5.74) is 0.731. The van der Waals surface area contributed by atoms with E-state index < -0.39 is 10.0 Å². The maximum atomic E-state index is 11.7. The molecule has 0 bridgehead atoms. The summed E-state index contributed by atoms with van der Waals surface area (Å²) in [5.74, 6) is 2.60. The normalized spacial score (nSPS) is 11.5. The Bertz CT molecular complexity index is 696. The van der Waals surface area contributed by atoms with E-state index >= 15 is 0 Å². The van der Waals surface area contributed by atoms with Gasteiger partial charge in [-0.3, -0.25) is 0 Å². The van der Waals surface area contributed by atoms with Crippen LogP contribution in [0.3, 0.4) is 0 Å². The first-order chi connectivity index (χ1) is 10.0. The van der Waals surface area contributed by atoms with Gasteiger partial charge in [-0.2, -0.15) is 11.8 Å². The van der Waals surface area contributed by atoms with Crippen molar-refractivity contribution in [3.05, 3.63) is 47.9 Å². The zero-order valence-corrected chi connectivity index (χ0v) is 13.6. The average Bonchev–Trinajstić information content (AvgIpc) is 2.93. The third-order valence-corrected chi connectivity index (χ3v) is 4.87. The fourth-order valence-electron chi connectivity index (χ4n) is 1.82. The Kier molecular flexibility index (Phi) is 5.33. The predicted molar refractivity (Wildman–Crippen MR) is 85.9 cm³/mol. The van der Waals surface area contributed by atoms with E-state index in [1.165, 1.54) is 7.05 Å². The number of nitrogens with one attached hydrogen (secondary N) is 2. The minimum atomic E-state index is -3.42. The van der Waals surface area contributed by atoms with Crippen molar-refractivity contribution in [2.45, 2.75) is 17.2 Å². The van der Waals surface area contributed by atoms with Gasteiger partial charge >= 0.3 is 0 Å². The van der Waals surface area contributed by atoms with Crippen molar-refractivity contribution in [2.75, 3.05) is 18.6 Å². The Labute approximate surface area is 129 Å². The zero-order valence-electron chi connectivity index (χ0n) is 11.9. The number of rotatable bonds is 7. The van der Waals surface area contributed by atoms with Gasteiger partial charge in [0.2, 0.25) is 10.0 Å². The van der Waals surface area contributed by atoms with Crippen LogP contribution in [0.2, 0.25) is 0 Å². The molecule has 1 aromatic heterocycles. The fourth-order valence-corrected chi connectivity index (χ4v) is 3.03. The third kappa shape index (κ3) is 4.26. The van der Waals surface area contributed by atoms with Gasteiger partial charge in [-0.05, 0) is 43.6 Å². The monoisotopic (exact) mass is 326 g/mol. The lowest BCUT2D eigenvalue weighted by Crippen LogP contribution is -2.18. The number of furan rings is 1. The van der Waals surface area contributed by atoms with Gasteiger partial charge in [-0.1, -0.05) is 6.07 Å². The highest BCUT2D eigenvalue weighted by atomic mass is 32.2. The Balaban J connectivity index is 2.04. The Morgan fingerprint density at radius 1 is 1.19 bits per heavy atom. The van der Waals surface area contributed by atoms with Crippen LogP contribution in [-0.4, -0.2) is 21.7 Å². The molecule has 114 valence electrons. The van der Waals surface area contributed by atoms with Gasteiger partial charge in [0.15, 0.2) is 0 Å². The molecular formula is C14H18N2O3S2. The van der Waals surface area contributed by atoms with Crippen molar-refractivity contribution in [3.8, 4) is 0 Å². The molecule has 1 heterocycles. The third-order valence-electron chi connectivity index (χ3n) is 2.88. The number of hydrogen-bond acceptors (Lipinski definition) is 5. The number of hydrogen-bond donors (Lipinski definition) is 2. The predicted octanol–water partition coefficient (Wildman–Crippen LogP) is 2.66. The molecule has 2 rings (SSSR count). The van der Waals surface area contributed by atoms with Crippen molar-refractivity contribution in [3.63, 3.8) is 0 Å². The number of thioether (sulfide) groups is 1. The van der Waals surface area contributed by atoms with Crippen LogP contribution in [0.5, 0.6) is 0 Å². The molecule has 21 heavy (non-hydrogen) atoms. The topological polar surface area (TPSA) is 71.3 Å². The number of benzene rings is 1. The SMILES string of the molecule is CNS(=O)(=O)c1cccc(NCc2ccc(CSC)o2)c1. The number of sulfonamides is 1. The van der Waals surface area contributed by atoms with E-state index in [2.05, 4.69) is 10.0 Å². The Hall–Kier alpha value is -1.44. The maximum Gasteiger partial charge on any atom is 0.240 e. The van der Waals surface area contributed by atoms with Crippen molar-refractivity contribution in [1.29, 1.82) is 0 Å². The van der Waals surface area contributed by atoms with E-state index in [1.807, 2.05) is 24.5 Å². The van der Waals surface area contributed by atoms with Crippen LogP contribution in [0.15, 0.2) is 45.7 Å². The van der Waals surface area contributed by atoms with Gasteiger partial charge in [0.25, 0.3) is 0 Å². The second-order valence-corrected chi connectivity index (χ2v) is 7.14. The smallest absolute Gasteiger partial charge is 0.240 e. The van der Waals surface area contributed by atoms with Crippen molar-refractivity contribution >= 4 is 27.5 Å². The van der Waals surface area contributed by atoms with E-state index in [1.54, 1.807) is 30.0 Å². The standard InChI is InChI=1S/C14H18N2O3S2/c1-15-21(17,18)14-5-3-4-11(8-14)16-9-12-6-7-13(19-12)10-20-2/h3-8,15-16H,9-10H2,1-2H3. The van der Waals surface area contributed by atoms with Crippen molar-refractivity contribution in [1.82, 2.24) is 4.72 Å². The first-order valence-corrected chi connectivity index (χ1v) is 9.27. The summed E-state index contributed by atoms with van der Waals surface area (Å²) in [6.07, 6.45) is 2.02. The van der Waals surface area contributed by atoms with Crippen LogP contribution in [0.1, 0.15) is 11.5 Å². The van der Waals surface area contributed by atoms with E-state index in [-0.39, 0.29) is 4.90 Å². The molecule has 2 N–H and O–H groups in total. The molecule has 0 aliphatic rings. The van der Waals surface area contributed by atoms with Crippen LogP contribution < -0.4 is 10.0 Å². The molecule has 7 heteroatoms. The first kappa shape index (κ1) is 15.9. The lowest BCUT2D eigenvalue weighted by molar-refractivity contribution is 0.487. The van der Waals surface area contributed by atoms with Crippen LogP contribution in [0, 0.1) is 0 Å². The molecule has 0 aliphatic heterocycles. The van der Waals surface area contributed by atoms with Crippen LogP contribution in [0.25, 0.3) is 0 Å². The van der Waals surface area contributed by atoms with Crippen LogP contribution in [-0.2, 0) is 22.3 Å². The molecule has 2 aromatic rings. The van der Waals surface area contributed by atoms with Gasteiger partial charge in [-0.25, -0.2) is 13.1 Å². The van der Waals surface area contributed by atoms with E-state index in [9.17, 15) is 8.42 Å². The summed E-state index contributed by atoms with van der Waals surface area (Å²) in [6, 6.07) is 10.6. The average molecular weight is 326 g/mol. The molecular weight excluding hydrogens is 308 g/mol. The first-order valence-electron chi connectivity index (χ1n) is 6.39. The minimum absolute atomic E-state index is 0.234. The lowest BCUT2D eigenvalue weighted by Gasteiger charge is -2.07. The summed E-state index contributed by atoms with van der Waals surface area (Å²) in [7, 11) is -2.03. The molecule has 1 aromatic carbocycles. The summed E-state index contributed by atoms with van der Waals surface area (Å²) in [4.78, 5) is 0.234. The molecule has 0 atom stereocenters. The fraction of sp³-hybridized carbons (Fsp3) is 0.286. The minimum Gasteiger partial charge on any atom is -0.463 e. The summed E-state index contributed by atoms with van der Waals surface area (Å²) >= 11 is 1.70. The van der Waals surface area contributed by atoms with Gasteiger partial charge in [0.05, 0.1) is 17.2 Å². The van der Waals surface area contributed by atoms with Gasteiger partial charge < -0.3 is 9.73 Å². The molecule has 0 amide bonds. The lowest BCUT2D eigenvalue weighted by atomic mass is 10.3. The molecule has 0 saturated carbocycles. The molecule has 0 fully saturated rings. The van der Waals surface area contributed by atoms with Gasteiger partial charge in [0, 0.05) is 5.69 Å². The van der Waals surface area contributed by atoms with Gasteiger partial charge in [0.1, 0.15) is 11.5 Å². The van der Waals surface area contributed by atoms with Crippen molar-refractivity contribution in [2.24, 2.45) is 0 Å². The molecule has 5 nitrogen and oxygen atoms in total. The summed E-state index contributed by atoms with van der Waals surface area (Å²) in [5, 5.41) is 3.16. The highest BCUT2D eigenvalue weighted by Gasteiger charge is 2.11. The molecule has 0 unspecified atom stereocenters. The van der Waals surface area contributed by atoms with Gasteiger partial charge in [-0.15, -0.1) is 0 Å². The molecule has 0 aliphatic carbocycles. The maximum absolute atomic E-state index is 11.7. The second-order valence-electron chi connectivity index (χ2n) is 4.39. The van der Waals surface area contributed by atoms with Crippen LogP contribution >= 0.6 is 11.8 Å². The number of anilines is 1. The molecule has 0 saturated heterocycles. The Morgan fingerprint density at radius 3 is 2.67 bits per heavy atom. The van der Waals surface area contributed by atoms with E-state index in [0.29, 0.717) is 6.54 Å². The Morgan fingerprint density at radius 2 is 1.95 bits per heavy atom. The quantitative estimate of drug-likeness (QED) is 0.818. The molecule has 0 spiro atoms. The van der Waals surface area contributed by atoms with E-state index in [0.717, 1.165) is 23.0 Å². The summed E-state index contributed by atoms with van der Waals surface area (Å²) < 4.78 is 31.4. The van der Waals surface area contributed by atoms with E-state index in [4.69, 9.17) is 4.42 Å². The molecule has 0 radical (unpaired) electrons. The van der Waals surface area contributed by atoms with Crippen LogP contribution in [0.4, 0.5) is 5.69 Å². The highest BCUT2D eigenvalue weighted by Crippen LogP contribution is 2.18.